The first-order valence-corrected chi connectivity index (χ1v) is 7.87. The Bertz CT molecular complexity index is 683. The molecule has 0 heteroatoms. The van der Waals surface area contributed by atoms with Crippen molar-refractivity contribution < 1.29 is 0 Å². The van der Waals surface area contributed by atoms with Crippen molar-refractivity contribution in [3.8, 4) is 0 Å². The van der Waals surface area contributed by atoms with Gasteiger partial charge in [-0.05, 0) is 17.5 Å². The van der Waals surface area contributed by atoms with Gasteiger partial charge in [0, 0.05) is 0 Å². The Kier molecular flexibility index (Phi) is 7.76. The quantitative estimate of drug-likeness (QED) is 0.536. The molecule has 0 spiro atoms. The van der Waals surface area contributed by atoms with Gasteiger partial charge in [0.25, 0.3) is 0 Å². The van der Waals surface area contributed by atoms with Crippen molar-refractivity contribution in [3.63, 3.8) is 0 Å². The van der Waals surface area contributed by atoms with Crippen LogP contribution in [0, 0.1) is 0 Å². The lowest BCUT2D eigenvalue weighted by atomic mass is 10.1. The normalized spacial score (nSPS) is 12.5. The summed E-state index contributed by atoms with van der Waals surface area (Å²) in [6, 6.07) is 20.7. The third-order valence-electron chi connectivity index (χ3n) is 3.20. The fourth-order valence-electron chi connectivity index (χ4n) is 2.01. The lowest BCUT2D eigenvalue weighted by Gasteiger charge is -1.92. The van der Waals surface area contributed by atoms with Crippen molar-refractivity contribution >= 4 is 6.08 Å². The van der Waals surface area contributed by atoms with Crippen LogP contribution in [0.3, 0.4) is 0 Å². The number of hydrogen-bond acceptors (Lipinski definition) is 0. The Morgan fingerprint density at radius 3 is 1.70 bits per heavy atom. The molecule has 0 atom stereocenters. The van der Waals surface area contributed by atoms with E-state index in [2.05, 4.69) is 54.6 Å². The topological polar surface area (TPSA) is 0 Å². The highest BCUT2D eigenvalue weighted by molar-refractivity contribution is 5.50. The molecule has 23 heavy (non-hydrogen) atoms. The first-order chi connectivity index (χ1) is 11.4. The molecular formula is C23H22. The van der Waals surface area contributed by atoms with Crippen LogP contribution in [-0.4, -0.2) is 0 Å². The summed E-state index contributed by atoms with van der Waals surface area (Å²) in [7, 11) is 0. The van der Waals surface area contributed by atoms with Crippen molar-refractivity contribution in [1.82, 2.24) is 0 Å². The van der Waals surface area contributed by atoms with Gasteiger partial charge in [0.2, 0.25) is 0 Å². The van der Waals surface area contributed by atoms with Gasteiger partial charge in [-0.2, -0.15) is 0 Å². The minimum Gasteiger partial charge on any atom is -0.0801 e. The zero-order valence-corrected chi connectivity index (χ0v) is 13.3. The molecule has 0 saturated carbocycles. The molecule has 0 heterocycles. The van der Waals surface area contributed by atoms with Gasteiger partial charge in [-0.25, -0.2) is 0 Å². The van der Waals surface area contributed by atoms with Gasteiger partial charge in [0.1, 0.15) is 0 Å². The first kappa shape index (κ1) is 16.5. The molecule has 0 aliphatic heterocycles. The largest absolute Gasteiger partial charge is 0.0801 e. The molecule has 0 nitrogen and oxygen atoms in total. The van der Waals surface area contributed by atoms with E-state index in [0.29, 0.717) is 0 Å². The number of allylic oxidation sites excluding steroid dienone is 9. The summed E-state index contributed by atoms with van der Waals surface area (Å²) in [6.45, 7) is 0. The van der Waals surface area contributed by atoms with E-state index < -0.39 is 0 Å². The van der Waals surface area contributed by atoms with Crippen LogP contribution in [-0.2, 0) is 6.42 Å². The second-order valence-electron chi connectivity index (χ2n) is 5.04. The van der Waals surface area contributed by atoms with Gasteiger partial charge in [0.15, 0.2) is 0 Å². The minimum atomic E-state index is 0.971. The van der Waals surface area contributed by atoms with E-state index in [0.717, 1.165) is 6.42 Å². The molecule has 114 valence electrons. The van der Waals surface area contributed by atoms with E-state index in [1.165, 1.54) is 11.1 Å². The molecule has 0 N–H and O–H groups in total. The number of benzene rings is 2. The second-order valence-corrected chi connectivity index (χ2v) is 5.04. The molecule has 0 aliphatic carbocycles. The molecular weight excluding hydrogens is 276 g/mol. The Labute approximate surface area is 139 Å². The molecule has 0 fully saturated rings. The predicted octanol–water partition coefficient (Wildman–Crippen LogP) is 6.17. The number of rotatable bonds is 7. The van der Waals surface area contributed by atoms with Gasteiger partial charge in [0.05, 0.1) is 0 Å². The fraction of sp³-hybridized carbons (Fsp3) is 0.0435. The maximum absolute atomic E-state index is 2.16. The average Bonchev–Trinajstić information content (AvgIpc) is 2.61. The lowest BCUT2D eigenvalue weighted by Crippen LogP contribution is -1.77. The van der Waals surface area contributed by atoms with Crippen LogP contribution in [0.1, 0.15) is 11.1 Å². The van der Waals surface area contributed by atoms with Crippen LogP contribution in [0.2, 0.25) is 0 Å². The van der Waals surface area contributed by atoms with Crippen molar-refractivity contribution in [3.05, 3.63) is 126 Å². The molecule has 0 radical (unpaired) electrons. The summed E-state index contributed by atoms with van der Waals surface area (Å²) >= 11 is 0. The van der Waals surface area contributed by atoms with E-state index >= 15 is 0 Å². The van der Waals surface area contributed by atoms with Crippen molar-refractivity contribution in [1.29, 1.82) is 0 Å². The van der Waals surface area contributed by atoms with Crippen molar-refractivity contribution in [2.75, 3.05) is 0 Å². The highest BCUT2D eigenvalue weighted by Crippen LogP contribution is 2.01. The maximum Gasteiger partial charge on any atom is -0.00943 e. The Morgan fingerprint density at radius 2 is 1.04 bits per heavy atom. The highest BCUT2D eigenvalue weighted by atomic mass is 13.9. The van der Waals surface area contributed by atoms with Crippen LogP contribution in [0.4, 0.5) is 0 Å². The molecule has 0 amide bonds. The maximum atomic E-state index is 2.16. The molecule has 2 rings (SSSR count). The summed E-state index contributed by atoms with van der Waals surface area (Å²) in [5.74, 6) is 0. The Morgan fingerprint density at radius 1 is 0.522 bits per heavy atom. The zero-order valence-electron chi connectivity index (χ0n) is 13.3. The molecule has 0 aliphatic rings. The van der Waals surface area contributed by atoms with Crippen molar-refractivity contribution in [2.45, 2.75) is 6.42 Å². The molecule has 0 bridgehead atoms. The van der Waals surface area contributed by atoms with Crippen LogP contribution in [0.5, 0.6) is 0 Å². The van der Waals surface area contributed by atoms with Crippen molar-refractivity contribution in [2.24, 2.45) is 0 Å². The SMILES string of the molecule is C(=C\C=C\C=C\c1ccccc1)/C=C/C=C/Cc1ccccc1. The van der Waals surface area contributed by atoms with E-state index in [1.807, 2.05) is 66.8 Å². The fourth-order valence-corrected chi connectivity index (χ4v) is 2.01. The molecule has 0 saturated heterocycles. The third kappa shape index (κ3) is 7.63. The summed E-state index contributed by atoms with van der Waals surface area (Å²) in [4.78, 5) is 0. The first-order valence-electron chi connectivity index (χ1n) is 7.87. The third-order valence-corrected chi connectivity index (χ3v) is 3.20. The highest BCUT2D eigenvalue weighted by Gasteiger charge is 1.83. The van der Waals surface area contributed by atoms with Gasteiger partial charge in [-0.1, -0.05) is 121 Å². The lowest BCUT2D eigenvalue weighted by molar-refractivity contribution is 1.27. The minimum absolute atomic E-state index is 0.971. The molecule has 0 aromatic heterocycles. The average molecular weight is 298 g/mol. The van der Waals surface area contributed by atoms with Gasteiger partial charge < -0.3 is 0 Å². The summed E-state index contributed by atoms with van der Waals surface area (Å²) in [5.41, 5.74) is 2.55. The van der Waals surface area contributed by atoms with E-state index in [4.69, 9.17) is 0 Å². The predicted molar refractivity (Wildman–Crippen MR) is 102 cm³/mol. The Balaban J connectivity index is 1.66. The van der Waals surface area contributed by atoms with Crippen LogP contribution in [0.15, 0.2) is 115 Å². The summed E-state index contributed by atoms with van der Waals surface area (Å²) in [6.07, 6.45) is 21.5. The standard InChI is InChI=1S/C23H22/c1(2-4-6-10-16-22-18-12-8-13-19-22)3-5-7-11-17-23-20-14-9-15-21-23/h1-16,18-21H,17H2/b2-1+,5-3+,6-4+,11-7+,16-10+. The Hall–Kier alpha value is -2.86. The molecule has 2 aromatic carbocycles. The zero-order chi connectivity index (χ0) is 16.0. The smallest absolute Gasteiger partial charge is 0.00943 e. The molecule has 2 aromatic rings. The second kappa shape index (κ2) is 10.8. The van der Waals surface area contributed by atoms with Gasteiger partial charge in [-0.3, -0.25) is 0 Å². The van der Waals surface area contributed by atoms with Crippen LogP contribution < -0.4 is 0 Å². The van der Waals surface area contributed by atoms with E-state index in [-0.39, 0.29) is 0 Å². The van der Waals surface area contributed by atoms with E-state index in [9.17, 15) is 0 Å². The monoisotopic (exact) mass is 298 g/mol. The van der Waals surface area contributed by atoms with E-state index in [1.54, 1.807) is 0 Å². The van der Waals surface area contributed by atoms with Crippen LogP contribution >= 0.6 is 0 Å². The van der Waals surface area contributed by atoms with Crippen LogP contribution in [0.25, 0.3) is 6.08 Å². The summed E-state index contributed by atoms with van der Waals surface area (Å²) < 4.78 is 0. The van der Waals surface area contributed by atoms with Gasteiger partial charge in [-0.15, -0.1) is 0 Å². The van der Waals surface area contributed by atoms with Gasteiger partial charge >= 0.3 is 0 Å². The molecule has 0 unspecified atom stereocenters. The summed E-state index contributed by atoms with van der Waals surface area (Å²) in [5, 5.41) is 0. The number of hydrogen-bond donors (Lipinski definition) is 0.